The Morgan fingerprint density at radius 2 is 1.21 bits per heavy atom. The zero-order chi connectivity index (χ0) is 17.5. The van der Waals surface area contributed by atoms with E-state index in [9.17, 15) is 5.11 Å². The number of hydrogen-bond acceptors (Lipinski definition) is 1. The molecule has 2 heteroatoms. The van der Waals surface area contributed by atoms with Gasteiger partial charge in [-0.15, -0.1) is 0 Å². The molecular weight excluding hydrogens is 294 g/mol. The van der Waals surface area contributed by atoms with Crippen LogP contribution in [0.25, 0.3) is 0 Å². The van der Waals surface area contributed by atoms with Crippen LogP contribution < -0.4 is 0 Å². The Morgan fingerprint density at radius 3 is 1.67 bits per heavy atom. The van der Waals surface area contributed by atoms with E-state index in [1.807, 2.05) is 0 Å². The van der Waals surface area contributed by atoms with Crippen LogP contribution in [0.1, 0.15) is 110 Å². The van der Waals surface area contributed by atoms with Crippen LogP contribution in [0.3, 0.4) is 0 Å². The molecule has 0 bridgehead atoms. The summed E-state index contributed by atoms with van der Waals surface area (Å²) in [4.78, 5) is 0. The van der Waals surface area contributed by atoms with E-state index in [1.54, 1.807) is 0 Å². The molecule has 1 aliphatic rings. The first-order valence-electron chi connectivity index (χ1n) is 11.2. The molecule has 1 N–H and O–H groups in total. The van der Waals surface area contributed by atoms with E-state index in [-0.39, 0.29) is 0 Å². The van der Waals surface area contributed by atoms with Crippen molar-refractivity contribution in [2.45, 2.75) is 116 Å². The third-order valence-electron chi connectivity index (χ3n) is 6.32. The highest BCUT2D eigenvalue weighted by molar-refractivity contribution is 4.66. The number of aliphatic hydroxyl groups is 1. The molecule has 2 nitrogen and oxygen atoms in total. The second-order valence-electron chi connectivity index (χ2n) is 8.50. The third-order valence-corrected chi connectivity index (χ3v) is 6.32. The van der Waals surface area contributed by atoms with E-state index in [2.05, 4.69) is 14.0 Å². The fourth-order valence-electron chi connectivity index (χ4n) is 4.43. The zero-order valence-corrected chi connectivity index (χ0v) is 16.9. The van der Waals surface area contributed by atoms with E-state index in [1.165, 1.54) is 116 Å². The summed E-state index contributed by atoms with van der Waals surface area (Å²) in [5.74, 6) is 0. The van der Waals surface area contributed by atoms with E-state index < -0.39 is 0 Å². The van der Waals surface area contributed by atoms with Gasteiger partial charge < -0.3 is 9.59 Å². The number of likely N-dealkylation sites (N-methyl/N-ethyl adjacent to an activating group) is 1. The number of likely N-dealkylation sites (tertiary alicyclic amines) is 1. The van der Waals surface area contributed by atoms with Crippen LogP contribution in [-0.2, 0) is 0 Å². The first-order chi connectivity index (χ1) is 11.7. The number of rotatable bonds is 16. The summed E-state index contributed by atoms with van der Waals surface area (Å²) >= 11 is 0. The molecule has 1 aliphatic heterocycles. The van der Waals surface area contributed by atoms with Crippen molar-refractivity contribution in [3.63, 3.8) is 0 Å². The van der Waals surface area contributed by atoms with Crippen molar-refractivity contribution in [2.75, 3.05) is 26.7 Å². The lowest BCUT2D eigenvalue weighted by Crippen LogP contribution is -2.50. The first-order valence-corrected chi connectivity index (χ1v) is 11.2. The Balaban J connectivity index is 1.81. The fourth-order valence-corrected chi connectivity index (χ4v) is 4.43. The Hall–Kier alpha value is -0.0800. The van der Waals surface area contributed by atoms with Crippen molar-refractivity contribution in [2.24, 2.45) is 0 Å². The maximum Gasteiger partial charge on any atom is 0.112 e. The van der Waals surface area contributed by atoms with Crippen molar-refractivity contribution in [3.8, 4) is 0 Å². The molecule has 1 rings (SSSR count). The quantitative estimate of drug-likeness (QED) is 0.267. The van der Waals surface area contributed by atoms with Gasteiger partial charge in [0.2, 0.25) is 0 Å². The van der Waals surface area contributed by atoms with E-state index >= 15 is 0 Å². The standard InChI is InChI=1S/C22H46NO/c1-3-4-5-6-7-8-9-10-11-12-13-14-15-16-19-23(2)20-17-18-22(23)21-24/h22,24H,3-21H2,1-2H3/q+1/t22-,23?/m0/s1. The van der Waals surface area contributed by atoms with Gasteiger partial charge in [0, 0.05) is 12.8 Å². The van der Waals surface area contributed by atoms with Crippen LogP contribution in [0.15, 0.2) is 0 Å². The molecule has 24 heavy (non-hydrogen) atoms. The minimum atomic E-state index is 0.384. The number of nitrogens with zero attached hydrogens (tertiary/aromatic N) is 1. The maximum absolute atomic E-state index is 9.50. The topological polar surface area (TPSA) is 20.2 Å². The van der Waals surface area contributed by atoms with E-state index in [0.29, 0.717) is 12.6 Å². The van der Waals surface area contributed by atoms with Crippen LogP contribution >= 0.6 is 0 Å². The molecule has 2 atom stereocenters. The van der Waals surface area contributed by atoms with Crippen molar-refractivity contribution in [1.82, 2.24) is 0 Å². The van der Waals surface area contributed by atoms with Crippen molar-refractivity contribution < 1.29 is 9.59 Å². The minimum absolute atomic E-state index is 0.384. The smallest absolute Gasteiger partial charge is 0.112 e. The predicted molar refractivity (Wildman–Crippen MR) is 106 cm³/mol. The molecule has 1 heterocycles. The van der Waals surface area contributed by atoms with Gasteiger partial charge in [-0.2, -0.15) is 0 Å². The molecule has 0 aromatic rings. The van der Waals surface area contributed by atoms with Crippen molar-refractivity contribution in [1.29, 1.82) is 0 Å². The Labute approximate surface area is 152 Å². The lowest BCUT2D eigenvalue weighted by atomic mass is 10.0. The summed E-state index contributed by atoms with van der Waals surface area (Å²) in [5, 5.41) is 9.50. The highest BCUT2D eigenvalue weighted by Crippen LogP contribution is 2.25. The SMILES string of the molecule is CCCCCCCCCCCCCCCC[N+]1(C)CCC[C@H]1CO. The Bertz CT molecular complexity index is 281. The van der Waals surface area contributed by atoms with Crippen LogP contribution in [0.4, 0.5) is 0 Å². The molecule has 0 spiro atoms. The second-order valence-corrected chi connectivity index (χ2v) is 8.50. The normalized spacial score (nSPS) is 23.9. The molecule has 0 amide bonds. The number of unbranched alkanes of at least 4 members (excludes halogenated alkanes) is 13. The zero-order valence-electron chi connectivity index (χ0n) is 16.9. The van der Waals surface area contributed by atoms with Crippen LogP contribution in [0.2, 0.25) is 0 Å². The third kappa shape index (κ3) is 9.42. The summed E-state index contributed by atoms with van der Waals surface area (Å²) in [6.07, 6.45) is 22.6. The lowest BCUT2D eigenvalue weighted by Gasteiger charge is -2.35. The van der Waals surface area contributed by atoms with Crippen LogP contribution in [0.5, 0.6) is 0 Å². The van der Waals surface area contributed by atoms with Gasteiger partial charge in [0.1, 0.15) is 6.04 Å². The molecule has 0 radical (unpaired) electrons. The summed E-state index contributed by atoms with van der Waals surface area (Å²) in [7, 11) is 2.36. The Kier molecular flexibility index (Phi) is 12.9. The number of quaternary nitrogens is 1. The molecule has 0 aliphatic carbocycles. The molecule has 0 aromatic carbocycles. The van der Waals surface area contributed by atoms with E-state index in [4.69, 9.17) is 0 Å². The average molecular weight is 341 g/mol. The van der Waals surface area contributed by atoms with Crippen molar-refractivity contribution in [3.05, 3.63) is 0 Å². The van der Waals surface area contributed by atoms with Gasteiger partial charge in [0.05, 0.1) is 26.7 Å². The van der Waals surface area contributed by atoms with Crippen LogP contribution in [0, 0.1) is 0 Å². The summed E-state index contributed by atoms with van der Waals surface area (Å²) in [6.45, 7) is 5.24. The van der Waals surface area contributed by atoms with Gasteiger partial charge in [-0.1, -0.05) is 84.0 Å². The van der Waals surface area contributed by atoms with Crippen LogP contribution in [-0.4, -0.2) is 42.4 Å². The first kappa shape index (κ1) is 22.0. The molecule has 1 unspecified atom stereocenters. The second kappa shape index (κ2) is 14.1. The maximum atomic E-state index is 9.50. The van der Waals surface area contributed by atoms with Gasteiger partial charge in [0.15, 0.2) is 0 Å². The van der Waals surface area contributed by atoms with Gasteiger partial charge in [-0.3, -0.25) is 0 Å². The largest absolute Gasteiger partial charge is 0.390 e. The summed E-state index contributed by atoms with van der Waals surface area (Å²) in [6, 6.07) is 0.520. The van der Waals surface area contributed by atoms with Gasteiger partial charge in [-0.05, 0) is 12.8 Å². The molecular formula is C22H46NO+. The lowest BCUT2D eigenvalue weighted by molar-refractivity contribution is -0.921. The highest BCUT2D eigenvalue weighted by Gasteiger charge is 2.36. The number of hydrogen-bond donors (Lipinski definition) is 1. The summed E-state index contributed by atoms with van der Waals surface area (Å²) < 4.78 is 1.13. The molecule has 1 saturated heterocycles. The van der Waals surface area contributed by atoms with Gasteiger partial charge >= 0.3 is 0 Å². The minimum Gasteiger partial charge on any atom is -0.390 e. The number of aliphatic hydroxyl groups excluding tert-OH is 1. The molecule has 0 saturated carbocycles. The summed E-state index contributed by atoms with van der Waals surface area (Å²) in [5.41, 5.74) is 0. The van der Waals surface area contributed by atoms with Gasteiger partial charge in [0.25, 0.3) is 0 Å². The van der Waals surface area contributed by atoms with E-state index in [0.717, 1.165) is 4.48 Å². The monoisotopic (exact) mass is 340 g/mol. The van der Waals surface area contributed by atoms with Crippen molar-refractivity contribution >= 4 is 0 Å². The van der Waals surface area contributed by atoms with Gasteiger partial charge in [-0.25, -0.2) is 0 Å². The Morgan fingerprint density at radius 1 is 0.750 bits per heavy atom. The molecule has 144 valence electrons. The molecule has 0 aromatic heterocycles. The highest BCUT2D eigenvalue weighted by atomic mass is 16.3. The predicted octanol–water partition coefficient (Wildman–Crippen LogP) is 6.07. The molecule has 1 fully saturated rings. The average Bonchev–Trinajstić information content (AvgIpc) is 2.96. The fraction of sp³-hybridized carbons (Fsp3) is 1.00.